The van der Waals surface area contributed by atoms with Crippen LogP contribution in [0.5, 0.6) is 0 Å². The van der Waals surface area contributed by atoms with Crippen LogP contribution in [0.4, 0.5) is 11.4 Å². The average Bonchev–Trinajstić information content (AvgIpc) is 2.60. The van der Waals surface area contributed by atoms with Crippen LogP contribution in [0.1, 0.15) is 39.2 Å². The van der Waals surface area contributed by atoms with Gasteiger partial charge in [-0.25, -0.2) is 0 Å². The zero-order chi connectivity index (χ0) is 13.3. The van der Waals surface area contributed by atoms with Gasteiger partial charge in [-0.2, -0.15) is 0 Å². The highest BCUT2D eigenvalue weighted by atomic mass is 16.2. The van der Waals surface area contributed by atoms with Gasteiger partial charge >= 0.3 is 0 Å². The topological polar surface area (TPSA) is 58.2 Å². The molecule has 4 nitrogen and oxygen atoms in total. The van der Waals surface area contributed by atoms with Crippen molar-refractivity contribution in [2.45, 2.75) is 39.0 Å². The van der Waals surface area contributed by atoms with Crippen molar-refractivity contribution in [3.8, 4) is 0 Å². The SMILES string of the molecule is CCC1(CC)C(=O)Nc2ccc(NC(C)=O)cc21. The number of amides is 2. The number of nitrogens with one attached hydrogen (secondary N) is 2. The van der Waals surface area contributed by atoms with E-state index in [1.54, 1.807) is 0 Å². The number of benzene rings is 1. The molecule has 1 aliphatic rings. The molecule has 1 aromatic carbocycles. The molecule has 96 valence electrons. The molecule has 0 radical (unpaired) electrons. The fourth-order valence-electron chi connectivity index (χ4n) is 2.65. The average molecular weight is 246 g/mol. The molecule has 0 spiro atoms. The highest BCUT2D eigenvalue weighted by molar-refractivity contribution is 6.06. The van der Waals surface area contributed by atoms with Gasteiger partial charge in [-0.05, 0) is 36.6 Å². The Morgan fingerprint density at radius 2 is 2.00 bits per heavy atom. The predicted molar refractivity (Wildman–Crippen MR) is 71.6 cm³/mol. The molecule has 0 aliphatic carbocycles. The van der Waals surface area contributed by atoms with Crippen LogP contribution in [-0.2, 0) is 15.0 Å². The first-order valence-corrected chi connectivity index (χ1v) is 6.27. The summed E-state index contributed by atoms with van der Waals surface area (Å²) in [7, 11) is 0. The van der Waals surface area contributed by atoms with Crippen LogP contribution in [-0.4, -0.2) is 11.8 Å². The standard InChI is InChI=1S/C14H18N2O2/c1-4-14(5-2)11-8-10(15-9(3)17)6-7-12(11)16-13(14)18/h6-8H,4-5H2,1-3H3,(H,15,17)(H,16,18). The number of carbonyl (C=O) groups is 2. The van der Waals surface area contributed by atoms with E-state index in [0.29, 0.717) is 0 Å². The Bertz CT molecular complexity index is 505. The lowest BCUT2D eigenvalue weighted by Gasteiger charge is -2.24. The second kappa shape index (κ2) is 4.44. The third-order valence-corrected chi connectivity index (χ3v) is 3.75. The second-order valence-electron chi connectivity index (χ2n) is 4.68. The molecule has 2 N–H and O–H groups in total. The molecule has 0 atom stereocenters. The van der Waals surface area contributed by atoms with Crippen molar-refractivity contribution in [2.75, 3.05) is 10.6 Å². The third-order valence-electron chi connectivity index (χ3n) is 3.75. The minimum absolute atomic E-state index is 0.0578. The lowest BCUT2D eigenvalue weighted by Crippen LogP contribution is -2.32. The van der Waals surface area contributed by atoms with Gasteiger partial charge in [0.05, 0.1) is 5.41 Å². The van der Waals surface area contributed by atoms with E-state index in [1.165, 1.54) is 6.92 Å². The van der Waals surface area contributed by atoms with Gasteiger partial charge in [0, 0.05) is 18.3 Å². The Morgan fingerprint density at radius 1 is 1.33 bits per heavy atom. The van der Waals surface area contributed by atoms with Crippen molar-refractivity contribution < 1.29 is 9.59 Å². The maximum atomic E-state index is 12.2. The fourth-order valence-corrected chi connectivity index (χ4v) is 2.65. The van der Waals surface area contributed by atoms with E-state index in [-0.39, 0.29) is 11.8 Å². The number of anilines is 2. The number of hydrogen-bond acceptors (Lipinski definition) is 2. The fraction of sp³-hybridized carbons (Fsp3) is 0.429. The van der Waals surface area contributed by atoms with Crippen LogP contribution in [0, 0.1) is 0 Å². The molecule has 2 amide bonds. The number of hydrogen-bond donors (Lipinski definition) is 2. The summed E-state index contributed by atoms with van der Waals surface area (Å²) < 4.78 is 0. The first-order chi connectivity index (χ1) is 8.53. The van der Waals surface area contributed by atoms with Crippen LogP contribution in [0.15, 0.2) is 18.2 Å². The van der Waals surface area contributed by atoms with Crippen molar-refractivity contribution in [1.82, 2.24) is 0 Å². The molecule has 0 saturated heterocycles. The highest BCUT2D eigenvalue weighted by Gasteiger charge is 2.43. The first-order valence-electron chi connectivity index (χ1n) is 6.27. The van der Waals surface area contributed by atoms with Gasteiger partial charge in [-0.3, -0.25) is 9.59 Å². The first kappa shape index (κ1) is 12.6. The summed E-state index contributed by atoms with van der Waals surface area (Å²) >= 11 is 0. The summed E-state index contributed by atoms with van der Waals surface area (Å²) in [4.78, 5) is 23.2. The van der Waals surface area contributed by atoms with Gasteiger partial charge in [0.1, 0.15) is 0 Å². The van der Waals surface area contributed by atoms with Crippen LogP contribution in [0.3, 0.4) is 0 Å². The number of rotatable bonds is 3. The molecule has 1 heterocycles. The molecule has 0 fully saturated rings. The molecule has 1 aromatic rings. The molecule has 1 aliphatic heterocycles. The third kappa shape index (κ3) is 1.78. The zero-order valence-electron chi connectivity index (χ0n) is 11.0. The van der Waals surface area contributed by atoms with E-state index in [4.69, 9.17) is 0 Å². The summed E-state index contributed by atoms with van der Waals surface area (Å²) in [5.41, 5.74) is 2.13. The Labute approximate surface area is 107 Å². The van der Waals surface area contributed by atoms with E-state index in [1.807, 2.05) is 32.0 Å². The van der Waals surface area contributed by atoms with E-state index >= 15 is 0 Å². The van der Waals surface area contributed by atoms with Gasteiger partial charge in [0.25, 0.3) is 0 Å². The molecule has 0 aromatic heterocycles. The second-order valence-corrected chi connectivity index (χ2v) is 4.68. The molecule has 0 saturated carbocycles. The maximum absolute atomic E-state index is 12.2. The summed E-state index contributed by atoms with van der Waals surface area (Å²) in [5, 5.41) is 5.68. The van der Waals surface area contributed by atoms with Gasteiger partial charge < -0.3 is 10.6 Å². The van der Waals surface area contributed by atoms with E-state index < -0.39 is 5.41 Å². The van der Waals surface area contributed by atoms with Crippen molar-refractivity contribution >= 4 is 23.2 Å². The minimum atomic E-state index is -0.455. The Balaban J connectivity index is 2.49. The number of carbonyl (C=O) groups excluding carboxylic acids is 2. The lowest BCUT2D eigenvalue weighted by atomic mass is 9.77. The smallest absolute Gasteiger partial charge is 0.235 e. The van der Waals surface area contributed by atoms with Crippen LogP contribution >= 0.6 is 0 Å². The molecule has 2 rings (SSSR count). The molecular weight excluding hydrogens is 228 g/mol. The van der Waals surface area contributed by atoms with Gasteiger partial charge in [-0.1, -0.05) is 13.8 Å². The molecule has 4 heteroatoms. The van der Waals surface area contributed by atoms with Gasteiger partial charge in [-0.15, -0.1) is 0 Å². The normalized spacial score (nSPS) is 16.1. The van der Waals surface area contributed by atoms with Crippen LogP contribution in [0.2, 0.25) is 0 Å². The predicted octanol–water partition coefficient (Wildman–Crippen LogP) is 2.65. The van der Waals surface area contributed by atoms with E-state index in [2.05, 4.69) is 10.6 Å². The minimum Gasteiger partial charge on any atom is -0.326 e. The Kier molecular flexibility index (Phi) is 3.11. The van der Waals surface area contributed by atoms with Gasteiger partial charge in [0.15, 0.2) is 0 Å². The molecule has 0 unspecified atom stereocenters. The van der Waals surface area contributed by atoms with Crippen molar-refractivity contribution in [3.63, 3.8) is 0 Å². The van der Waals surface area contributed by atoms with Crippen LogP contribution in [0.25, 0.3) is 0 Å². The largest absolute Gasteiger partial charge is 0.326 e. The Hall–Kier alpha value is -1.84. The maximum Gasteiger partial charge on any atom is 0.235 e. The zero-order valence-corrected chi connectivity index (χ0v) is 11.0. The van der Waals surface area contributed by atoms with Crippen LogP contribution < -0.4 is 10.6 Å². The molecule has 18 heavy (non-hydrogen) atoms. The van der Waals surface area contributed by atoms with E-state index in [9.17, 15) is 9.59 Å². The summed E-state index contributed by atoms with van der Waals surface area (Å²) in [5.74, 6) is -0.0479. The lowest BCUT2D eigenvalue weighted by molar-refractivity contribution is -0.121. The summed E-state index contributed by atoms with van der Waals surface area (Å²) in [6.07, 6.45) is 1.51. The quantitative estimate of drug-likeness (QED) is 0.861. The van der Waals surface area contributed by atoms with Gasteiger partial charge in [0.2, 0.25) is 11.8 Å². The molecule has 0 bridgehead atoms. The Morgan fingerprint density at radius 3 is 2.56 bits per heavy atom. The number of fused-ring (bicyclic) bond motifs is 1. The highest BCUT2D eigenvalue weighted by Crippen LogP contribution is 2.43. The van der Waals surface area contributed by atoms with Crippen molar-refractivity contribution in [2.24, 2.45) is 0 Å². The molecular formula is C14H18N2O2. The summed E-state index contributed by atoms with van der Waals surface area (Å²) in [6.45, 7) is 5.51. The summed E-state index contributed by atoms with van der Waals surface area (Å²) in [6, 6.07) is 5.56. The van der Waals surface area contributed by atoms with Crippen molar-refractivity contribution in [1.29, 1.82) is 0 Å². The van der Waals surface area contributed by atoms with Crippen molar-refractivity contribution in [3.05, 3.63) is 23.8 Å². The van der Waals surface area contributed by atoms with E-state index in [0.717, 1.165) is 29.8 Å². The monoisotopic (exact) mass is 246 g/mol.